The summed E-state index contributed by atoms with van der Waals surface area (Å²) in [6.07, 6.45) is 1.10. The molecule has 2 aromatic carbocycles. The van der Waals surface area contributed by atoms with Gasteiger partial charge in [0.05, 0.1) is 11.2 Å². The van der Waals surface area contributed by atoms with Crippen molar-refractivity contribution >= 4 is 73.2 Å². The van der Waals surface area contributed by atoms with Crippen LogP contribution in [-0.4, -0.2) is 69.2 Å². The summed E-state index contributed by atoms with van der Waals surface area (Å²) in [5, 5.41) is 8.37. The van der Waals surface area contributed by atoms with E-state index < -0.39 is 0 Å². The first-order valence-corrected chi connectivity index (χ1v) is 10.3. The highest BCUT2D eigenvalue weighted by Gasteiger charge is 2.10. The minimum absolute atomic E-state index is 0. The highest BCUT2D eigenvalue weighted by atomic mass is 79.9. The molecular weight excluding hydrogens is 598 g/mol. The zero-order chi connectivity index (χ0) is 20.6. The van der Waals surface area contributed by atoms with Gasteiger partial charge in [-0.3, -0.25) is 0 Å². The molecule has 3 aromatic rings. The van der Waals surface area contributed by atoms with E-state index in [0.717, 1.165) is 60.7 Å². The van der Waals surface area contributed by atoms with Crippen LogP contribution in [0.5, 0.6) is 0 Å². The average molecular weight is 634 g/mol. The van der Waals surface area contributed by atoms with Gasteiger partial charge in [-0.1, -0.05) is 36.4 Å². The van der Waals surface area contributed by atoms with Crippen LogP contribution in [0.25, 0.3) is 22.2 Å². The van der Waals surface area contributed by atoms with Crippen LogP contribution < -0.4 is 10.6 Å². The molecule has 32 heavy (non-hydrogen) atoms. The molecule has 1 aromatic heterocycles. The van der Waals surface area contributed by atoms with Crippen LogP contribution >= 0.6 is 50.9 Å². The molecule has 0 aliphatic carbocycles. The number of aromatic nitrogens is 1. The van der Waals surface area contributed by atoms with Gasteiger partial charge < -0.3 is 20.4 Å². The molecule has 0 amide bonds. The van der Waals surface area contributed by atoms with Crippen molar-refractivity contribution in [1.82, 2.24) is 14.8 Å². The minimum atomic E-state index is 0. The van der Waals surface area contributed by atoms with Crippen molar-refractivity contribution in [2.75, 3.05) is 65.0 Å². The lowest BCUT2D eigenvalue weighted by Crippen LogP contribution is -2.21. The summed E-state index contributed by atoms with van der Waals surface area (Å²) in [6.45, 7) is 3.89. The first kappa shape index (κ1) is 30.8. The van der Waals surface area contributed by atoms with Gasteiger partial charge >= 0.3 is 0 Å². The van der Waals surface area contributed by atoms with E-state index in [4.69, 9.17) is 4.98 Å². The highest BCUT2D eigenvalue weighted by Crippen LogP contribution is 2.32. The molecule has 0 aliphatic rings. The van der Waals surface area contributed by atoms with Crippen LogP contribution in [0.3, 0.4) is 0 Å². The number of pyridine rings is 1. The molecule has 0 bridgehead atoms. The normalized spacial score (nSPS) is 10.3. The fourth-order valence-electron chi connectivity index (χ4n) is 3.35. The largest absolute Gasteiger partial charge is 0.384 e. The van der Waals surface area contributed by atoms with Crippen molar-refractivity contribution < 1.29 is 0 Å². The Kier molecular flexibility index (Phi) is 15.0. The molecule has 0 unspecified atom stereocenters. The predicted octanol–water partition coefficient (Wildman–Crippen LogP) is 5.97. The zero-order valence-electron chi connectivity index (χ0n) is 19.3. The van der Waals surface area contributed by atoms with Crippen LogP contribution in [-0.2, 0) is 0 Å². The Hall–Kier alpha value is -1.19. The van der Waals surface area contributed by atoms with Crippen molar-refractivity contribution in [1.29, 1.82) is 0 Å². The summed E-state index contributed by atoms with van der Waals surface area (Å²) in [6, 6.07) is 19.0. The van der Waals surface area contributed by atoms with Crippen molar-refractivity contribution in [3.8, 4) is 11.3 Å². The SMILES string of the molecule is Br.Br.Br.CN(C)CCCNc1cc(-c2ccccc2NCCN(C)C)nc2ccccc12. The van der Waals surface area contributed by atoms with E-state index in [1.807, 2.05) is 0 Å². The van der Waals surface area contributed by atoms with Gasteiger partial charge in [-0.05, 0) is 59.4 Å². The van der Waals surface area contributed by atoms with Gasteiger partial charge in [0.2, 0.25) is 0 Å². The fourth-order valence-corrected chi connectivity index (χ4v) is 3.35. The number of anilines is 2. The number of para-hydroxylation sites is 2. The van der Waals surface area contributed by atoms with Crippen molar-refractivity contribution in [2.24, 2.45) is 0 Å². The van der Waals surface area contributed by atoms with E-state index in [1.165, 1.54) is 5.39 Å². The summed E-state index contributed by atoms with van der Waals surface area (Å²) >= 11 is 0. The lowest BCUT2D eigenvalue weighted by Gasteiger charge is -2.16. The first-order valence-electron chi connectivity index (χ1n) is 10.3. The summed E-state index contributed by atoms with van der Waals surface area (Å²) in [5.74, 6) is 0. The first-order chi connectivity index (χ1) is 14.0. The van der Waals surface area contributed by atoms with Crippen LogP contribution in [0.15, 0.2) is 54.6 Å². The van der Waals surface area contributed by atoms with E-state index in [2.05, 4.69) is 103 Å². The number of benzene rings is 2. The Morgan fingerprint density at radius 2 is 1.34 bits per heavy atom. The molecular formula is C24H36Br3N5. The highest BCUT2D eigenvalue weighted by molar-refractivity contribution is 8.93. The molecule has 0 aliphatic heterocycles. The van der Waals surface area contributed by atoms with Gasteiger partial charge in [0, 0.05) is 42.0 Å². The monoisotopic (exact) mass is 631 g/mol. The van der Waals surface area contributed by atoms with E-state index >= 15 is 0 Å². The molecule has 0 fully saturated rings. The van der Waals surface area contributed by atoms with Crippen LogP contribution in [0.4, 0.5) is 11.4 Å². The third kappa shape index (κ3) is 8.98. The lowest BCUT2D eigenvalue weighted by molar-refractivity contribution is 0.405. The van der Waals surface area contributed by atoms with Gasteiger partial charge in [0.1, 0.15) is 0 Å². The van der Waals surface area contributed by atoms with Crippen molar-refractivity contribution in [3.63, 3.8) is 0 Å². The van der Waals surface area contributed by atoms with E-state index in [0.29, 0.717) is 0 Å². The summed E-state index contributed by atoms with van der Waals surface area (Å²) in [4.78, 5) is 9.36. The molecule has 178 valence electrons. The minimum Gasteiger partial charge on any atom is -0.384 e. The number of rotatable bonds is 10. The Morgan fingerprint density at radius 3 is 2.06 bits per heavy atom. The molecule has 0 spiro atoms. The molecule has 0 saturated heterocycles. The Labute approximate surface area is 224 Å². The second-order valence-corrected chi connectivity index (χ2v) is 7.93. The summed E-state index contributed by atoms with van der Waals surface area (Å²) < 4.78 is 0. The lowest BCUT2D eigenvalue weighted by atomic mass is 10.1. The maximum atomic E-state index is 4.97. The van der Waals surface area contributed by atoms with Gasteiger partial charge in [-0.15, -0.1) is 50.9 Å². The van der Waals surface area contributed by atoms with E-state index in [9.17, 15) is 0 Å². The average Bonchev–Trinajstić information content (AvgIpc) is 2.71. The Morgan fingerprint density at radius 1 is 0.719 bits per heavy atom. The predicted molar refractivity (Wildman–Crippen MR) is 157 cm³/mol. The number of hydrogen-bond acceptors (Lipinski definition) is 5. The maximum Gasteiger partial charge on any atom is 0.0751 e. The maximum absolute atomic E-state index is 4.97. The molecule has 0 atom stereocenters. The number of nitrogens with one attached hydrogen (secondary N) is 2. The third-order valence-corrected chi connectivity index (χ3v) is 4.89. The number of halogens is 3. The molecule has 3 rings (SSSR count). The molecule has 2 N–H and O–H groups in total. The zero-order valence-corrected chi connectivity index (χ0v) is 24.4. The smallest absolute Gasteiger partial charge is 0.0751 e. The van der Waals surface area contributed by atoms with Crippen LogP contribution in [0.2, 0.25) is 0 Å². The third-order valence-electron chi connectivity index (χ3n) is 4.89. The topological polar surface area (TPSA) is 43.4 Å². The summed E-state index contributed by atoms with van der Waals surface area (Å²) in [7, 11) is 8.40. The van der Waals surface area contributed by atoms with Crippen molar-refractivity contribution in [3.05, 3.63) is 54.6 Å². The molecule has 1 heterocycles. The molecule has 0 radical (unpaired) electrons. The number of hydrogen-bond donors (Lipinski definition) is 2. The molecule has 0 saturated carbocycles. The van der Waals surface area contributed by atoms with Gasteiger partial charge in [-0.25, -0.2) is 4.98 Å². The van der Waals surface area contributed by atoms with Crippen molar-refractivity contribution in [2.45, 2.75) is 6.42 Å². The van der Waals surface area contributed by atoms with E-state index in [1.54, 1.807) is 0 Å². The molecule has 8 heteroatoms. The number of nitrogens with zero attached hydrogens (tertiary/aromatic N) is 3. The van der Waals surface area contributed by atoms with E-state index in [-0.39, 0.29) is 50.9 Å². The van der Waals surface area contributed by atoms with Gasteiger partial charge in [-0.2, -0.15) is 0 Å². The van der Waals surface area contributed by atoms with Crippen LogP contribution in [0, 0.1) is 0 Å². The Bertz CT molecular complexity index is 934. The van der Waals surface area contributed by atoms with Gasteiger partial charge in [0.15, 0.2) is 0 Å². The number of likely N-dealkylation sites (N-methyl/N-ethyl adjacent to an activating group) is 1. The summed E-state index contributed by atoms with van der Waals surface area (Å²) in [5.41, 5.74) is 5.41. The quantitative estimate of drug-likeness (QED) is 0.269. The Balaban J connectivity index is 0.00000320. The molecule has 5 nitrogen and oxygen atoms in total. The standard InChI is InChI=1S/C24H33N5.3BrH/c1-28(2)16-9-14-25-23-18-24(27-22-13-8-6-11-20(22)23)19-10-5-7-12-21(19)26-15-17-29(3)4;;;/h5-8,10-13,18,26H,9,14-17H2,1-4H3,(H,25,27);3*1H. The fraction of sp³-hybridized carbons (Fsp3) is 0.375. The second-order valence-electron chi connectivity index (χ2n) is 7.93. The number of fused-ring (bicyclic) bond motifs is 1. The van der Waals surface area contributed by atoms with Crippen LogP contribution in [0.1, 0.15) is 6.42 Å². The van der Waals surface area contributed by atoms with Gasteiger partial charge in [0.25, 0.3) is 0 Å². The second kappa shape index (κ2) is 15.6.